The molecule has 0 spiro atoms. The van der Waals surface area contributed by atoms with E-state index in [0.29, 0.717) is 24.6 Å². The molecule has 3 nitrogen and oxygen atoms in total. The quantitative estimate of drug-likeness (QED) is 0.441. The van der Waals surface area contributed by atoms with Crippen LogP contribution in [0.15, 0.2) is 47.5 Å². The molecule has 0 heterocycles. The summed E-state index contributed by atoms with van der Waals surface area (Å²) >= 11 is 0. The maximum Gasteiger partial charge on any atom is 0.191 e. The highest BCUT2D eigenvalue weighted by Crippen LogP contribution is 2.09. The Morgan fingerprint density at radius 2 is 1.65 bits per heavy atom. The molecule has 2 rings (SSSR count). The number of nitrogens with zero attached hydrogens (tertiary/aromatic N) is 1. The first kappa shape index (κ1) is 19.4. The van der Waals surface area contributed by atoms with Gasteiger partial charge < -0.3 is 10.6 Å². The average Bonchev–Trinajstić information content (AvgIpc) is 2.51. The van der Waals surface area contributed by atoms with Gasteiger partial charge in [-0.25, -0.2) is 4.39 Å². The zero-order valence-corrected chi connectivity index (χ0v) is 16.0. The van der Waals surface area contributed by atoms with Crippen LogP contribution in [-0.2, 0) is 13.1 Å². The Balaban J connectivity index is 0.00000264. The molecule has 2 aromatic carbocycles. The highest BCUT2D eigenvalue weighted by Gasteiger charge is 2.02. The molecule has 0 fully saturated rings. The van der Waals surface area contributed by atoms with Crippen LogP contribution in [0.3, 0.4) is 0 Å². The lowest BCUT2D eigenvalue weighted by Crippen LogP contribution is -2.36. The summed E-state index contributed by atoms with van der Waals surface area (Å²) in [6, 6.07) is 13.6. The fourth-order valence-corrected chi connectivity index (χ4v) is 2.16. The fourth-order valence-electron chi connectivity index (χ4n) is 2.16. The predicted molar refractivity (Wildman–Crippen MR) is 105 cm³/mol. The molecule has 0 aliphatic carbocycles. The number of halogens is 2. The van der Waals surface area contributed by atoms with Crippen molar-refractivity contribution in [2.45, 2.75) is 26.9 Å². The molecular weight excluding hydrogens is 404 g/mol. The van der Waals surface area contributed by atoms with Crippen molar-refractivity contribution < 1.29 is 4.39 Å². The lowest BCUT2D eigenvalue weighted by molar-refractivity contribution is 0.615. The van der Waals surface area contributed by atoms with Gasteiger partial charge in [-0.05, 0) is 36.6 Å². The first-order valence-corrected chi connectivity index (χ1v) is 7.33. The van der Waals surface area contributed by atoms with Crippen LogP contribution in [0.25, 0.3) is 0 Å². The summed E-state index contributed by atoms with van der Waals surface area (Å²) in [5, 5.41) is 6.44. The van der Waals surface area contributed by atoms with Gasteiger partial charge in [0.2, 0.25) is 0 Å². The van der Waals surface area contributed by atoms with E-state index in [1.807, 2.05) is 12.1 Å². The Morgan fingerprint density at radius 1 is 1.00 bits per heavy atom. The van der Waals surface area contributed by atoms with E-state index < -0.39 is 0 Å². The molecule has 0 saturated carbocycles. The Morgan fingerprint density at radius 3 is 2.22 bits per heavy atom. The van der Waals surface area contributed by atoms with Crippen molar-refractivity contribution in [1.82, 2.24) is 10.6 Å². The highest BCUT2D eigenvalue weighted by atomic mass is 127. The number of benzene rings is 2. The van der Waals surface area contributed by atoms with Gasteiger partial charge in [-0.3, -0.25) is 4.99 Å². The summed E-state index contributed by atoms with van der Waals surface area (Å²) in [7, 11) is 1.72. The van der Waals surface area contributed by atoms with Gasteiger partial charge in [0.05, 0.1) is 0 Å². The van der Waals surface area contributed by atoms with Crippen molar-refractivity contribution in [1.29, 1.82) is 0 Å². The molecule has 0 radical (unpaired) electrons. The van der Waals surface area contributed by atoms with Crippen LogP contribution in [0.2, 0.25) is 0 Å². The molecule has 0 aliphatic rings. The van der Waals surface area contributed by atoms with Crippen LogP contribution in [-0.4, -0.2) is 13.0 Å². The minimum absolute atomic E-state index is 0. The topological polar surface area (TPSA) is 36.4 Å². The van der Waals surface area contributed by atoms with E-state index in [1.54, 1.807) is 26.1 Å². The van der Waals surface area contributed by atoms with Gasteiger partial charge in [-0.15, -0.1) is 24.0 Å². The summed E-state index contributed by atoms with van der Waals surface area (Å²) in [6.45, 7) is 5.06. The van der Waals surface area contributed by atoms with E-state index in [9.17, 15) is 4.39 Å². The summed E-state index contributed by atoms with van der Waals surface area (Å²) in [5.74, 6) is 0.518. The summed E-state index contributed by atoms with van der Waals surface area (Å²) in [4.78, 5) is 4.18. The monoisotopic (exact) mass is 427 g/mol. The van der Waals surface area contributed by atoms with Gasteiger partial charge in [0.15, 0.2) is 5.96 Å². The number of hydrogen-bond donors (Lipinski definition) is 2. The van der Waals surface area contributed by atoms with Gasteiger partial charge in [0.25, 0.3) is 0 Å². The zero-order valence-electron chi connectivity index (χ0n) is 13.7. The van der Waals surface area contributed by atoms with Crippen LogP contribution >= 0.6 is 24.0 Å². The molecule has 5 heteroatoms. The van der Waals surface area contributed by atoms with Gasteiger partial charge in [-0.2, -0.15) is 0 Å². The van der Waals surface area contributed by atoms with Crippen molar-refractivity contribution in [2.75, 3.05) is 7.05 Å². The largest absolute Gasteiger partial charge is 0.352 e. The van der Waals surface area contributed by atoms with E-state index in [4.69, 9.17) is 0 Å². The van der Waals surface area contributed by atoms with E-state index >= 15 is 0 Å². The minimum atomic E-state index is -0.179. The molecule has 0 aromatic heterocycles. The molecule has 124 valence electrons. The van der Waals surface area contributed by atoms with Gasteiger partial charge in [-0.1, -0.05) is 42.0 Å². The normalized spacial score (nSPS) is 10.9. The maximum absolute atomic E-state index is 13.5. The van der Waals surface area contributed by atoms with Gasteiger partial charge in [0, 0.05) is 20.1 Å². The van der Waals surface area contributed by atoms with Crippen molar-refractivity contribution in [2.24, 2.45) is 4.99 Å². The molecule has 2 N–H and O–H groups in total. The lowest BCUT2D eigenvalue weighted by Gasteiger charge is -2.12. The van der Waals surface area contributed by atoms with E-state index in [1.165, 1.54) is 11.1 Å². The smallest absolute Gasteiger partial charge is 0.191 e. The molecule has 0 amide bonds. The van der Waals surface area contributed by atoms with Crippen molar-refractivity contribution in [3.05, 3.63) is 70.5 Å². The third-order valence-corrected chi connectivity index (χ3v) is 3.46. The van der Waals surface area contributed by atoms with Crippen LogP contribution in [0.5, 0.6) is 0 Å². The Kier molecular flexibility index (Phi) is 8.02. The molecular formula is C18H23FIN3. The fraction of sp³-hybridized carbons (Fsp3) is 0.278. The second-order valence-corrected chi connectivity index (χ2v) is 5.35. The zero-order chi connectivity index (χ0) is 15.9. The number of guanidine groups is 1. The van der Waals surface area contributed by atoms with E-state index in [-0.39, 0.29) is 29.8 Å². The average molecular weight is 427 g/mol. The predicted octanol–water partition coefficient (Wildman–Crippen LogP) is 3.93. The number of aryl methyl sites for hydroxylation is 2. The third-order valence-electron chi connectivity index (χ3n) is 3.46. The molecule has 23 heavy (non-hydrogen) atoms. The molecule has 0 aliphatic heterocycles. The van der Waals surface area contributed by atoms with E-state index in [0.717, 1.165) is 5.56 Å². The standard InChI is InChI=1S/C18H22FN3.HI/c1-13-5-4-6-15(9-13)11-21-18(20-3)22-12-16-8-7-14(2)17(19)10-16;/h4-10H,11-12H2,1-3H3,(H2,20,21,22);1H. The Labute approximate surface area is 154 Å². The van der Waals surface area contributed by atoms with Crippen LogP contribution in [0, 0.1) is 19.7 Å². The number of hydrogen-bond acceptors (Lipinski definition) is 1. The van der Waals surface area contributed by atoms with Gasteiger partial charge >= 0.3 is 0 Å². The Bertz CT molecular complexity index is 671. The highest BCUT2D eigenvalue weighted by molar-refractivity contribution is 14.0. The van der Waals surface area contributed by atoms with Crippen molar-refractivity contribution in [3.8, 4) is 0 Å². The number of nitrogens with one attached hydrogen (secondary N) is 2. The molecule has 0 bridgehead atoms. The van der Waals surface area contributed by atoms with Crippen LogP contribution in [0.4, 0.5) is 4.39 Å². The van der Waals surface area contributed by atoms with E-state index in [2.05, 4.69) is 40.7 Å². The third kappa shape index (κ3) is 6.17. The summed E-state index contributed by atoms with van der Waals surface area (Å²) in [5.41, 5.74) is 3.98. The van der Waals surface area contributed by atoms with Crippen LogP contribution in [0.1, 0.15) is 22.3 Å². The molecule has 0 atom stereocenters. The summed E-state index contributed by atoms with van der Waals surface area (Å²) in [6.07, 6.45) is 0. The lowest BCUT2D eigenvalue weighted by atomic mass is 10.1. The van der Waals surface area contributed by atoms with Crippen molar-refractivity contribution >= 4 is 29.9 Å². The molecule has 0 unspecified atom stereocenters. The van der Waals surface area contributed by atoms with Crippen LogP contribution < -0.4 is 10.6 Å². The SMILES string of the molecule is CN=C(NCc1cccc(C)c1)NCc1ccc(C)c(F)c1.I. The second kappa shape index (κ2) is 9.50. The first-order valence-electron chi connectivity index (χ1n) is 7.33. The van der Waals surface area contributed by atoms with Crippen molar-refractivity contribution in [3.63, 3.8) is 0 Å². The molecule has 2 aromatic rings. The first-order chi connectivity index (χ1) is 10.6. The number of rotatable bonds is 4. The Hall–Kier alpha value is -1.63. The minimum Gasteiger partial charge on any atom is -0.352 e. The molecule has 0 saturated heterocycles. The maximum atomic E-state index is 13.5. The summed E-state index contributed by atoms with van der Waals surface area (Å²) < 4.78 is 13.5. The number of aliphatic imine (C=N–C) groups is 1. The second-order valence-electron chi connectivity index (χ2n) is 5.35. The van der Waals surface area contributed by atoms with Gasteiger partial charge in [0.1, 0.15) is 5.82 Å².